The predicted octanol–water partition coefficient (Wildman–Crippen LogP) is 2.33. The molecule has 2 radical (unpaired) electrons. The topological polar surface area (TPSA) is 85.1 Å². The normalized spacial score (nSPS) is 13.1. The van der Waals surface area contributed by atoms with Crippen LogP contribution in [0.3, 0.4) is 0 Å². The Kier molecular flexibility index (Phi) is 4.45. The second kappa shape index (κ2) is 6.88. The van der Waals surface area contributed by atoms with Crippen LogP contribution in [0.25, 0.3) is 11.3 Å². The summed E-state index contributed by atoms with van der Waals surface area (Å²) in [4.78, 5) is 21.0. The van der Waals surface area contributed by atoms with Crippen molar-refractivity contribution in [3.05, 3.63) is 56.6 Å². The number of thiazole rings is 1. The van der Waals surface area contributed by atoms with Crippen LogP contribution in [0.5, 0.6) is 0 Å². The fraction of sp³-hybridized carbons (Fsp3) is 0.0625. The van der Waals surface area contributed by atoms with E-state index in [4.69, 9.17) is 0 Å². The number of aromatic nitrogens is 4. The first kappa shape index (κ1) is 16.2. The van der Waals surface area contributed by atoms with Crippen molar-refractivity contribution in [3.63, 3.8) is 0 Å². The van der Waals surface area contributed by atoms with E-state index in [0.717, 1.165) is 22.0 Å². The van der Waals surface area contributed by atoms with Crippen molar-refractivity contribution in [1.82, 2.24) is 19.7 Å². The number of carbonyl (C=O) groups is 1. The molecule has 0 unspecified atom stereocenters. The second-order valence-corrected chi connectivity index (χ2v) is 8.46. The van der Waals surface area contributed by atoms with Crippen LogP contribution in [0.2, 0.25) is 0 Å². The zero-order valence-corrected chi connectivity index (χ0v) is 16.8. The third kappa shape index (κ3) is 3.54. The molecule has 0 aliphatic carbocycles. The van der Waals surface area contributed by atoms with E-state index in [1.807, 2.05) is 25.3 Å². The van der Waals surface area contributed by atoms with Gasteiger partial charge in [-0.2, -0.15) is 0 Å². The van der Waals surface area contributed by atoms with E-state index in [1.165, 1.54) is 11.3 Å². The molecule has 7 nitrogen and oxygen atoms in total. The van der Waals surface area contributed by atoms with Crippen LogP contribution in [-0.4, -0.2) is 53.3 Å². The average molecular weight is 455 g/mol. The van der Waals surface area contributed by atoms with Gasteiger partial charge in [-0.1, -0.05) is 0 Å². The first-order chi connectivity index (χ1) is 12.2. The Morgan fingerprint density at radius 3 is 3.12 bits per heavy atom. The fourth-order valence-corrected chi connectivity index (χ4v) is 5.18. The summed E-state index contributed by atoms with van der Waals surface area (Å²) in [6.07, 6.45) is 6.96. The molecule has 25 heavy (non-hydrogen) atoms. The molecular formula is C16H12N6OSSn. The van der Waals surface area contributed by atoms with Crippen LogP contribution in [0, 0.1) is 6.92 Å². The third-order valence-corrected chi connectivity index (χ3v) is 6.41. The Labute approximate surface area is 158 Å². The number of amides is 1. The number of hydrogen-bond donors (Lipinski definition) is 1. The maximum atomic E-state index is 12.4. The van der Waals surface area contributed by atoms with Gasteiger partial charge in [-0.15, -0.1) is 0 Å². The molecule has 0 spiro atoms. The monoisotopic (exact) mass is 456 g/mol. The number of nitrogens with zero attached hydrogens (tertiary/aromatic N) is 5. The van der Waals surface area contributed by atoms with Gasteiger partial charge in [-0.3, -0.25) is 4.98 Å². The molecule has 0 fully saturated rings. The molecule has 0 bridgehead atoms. The van der Waals surface area contributed by atoms with Gasteiger partial charge in [-0.25, -0.2) is 0 Å². The second-order valence-electron chi connectivity index (χ2n) is 5.31. The molecule has 3 aromatic heterocycles. The van der Waals surface area contributed by atoms with Gasteiger partial charge in [0.1, 0.15) is 0 Å². The van der Waals surface area contributed by atoms with E-state index in [1.54, 1.807) is 28.7 Å². The number of nitrogens with one attached hydrogen (secondary N) is 1. The molecule has 9 heteroatoms. The van der Waals surface area contributed by atoms with Crippen molar-refractivity contribution < 1.29 is 4.79 Å². The number of anilines is 1. The van der Waals surface area contributed by atoms with Gasteiger partial charge in [0.15, 0.2) is 0 Å². The SMILES string of the molecule is Cc1cc(-n2cc(NC(=O)c3csc(C4=[CH][Sn][N]=C4)n3)cn2)ccn1. The summed E-state index contributed by atoms with van der Waals surface area (Å²) >= 11 is 0.728. The van der Waals surface area contributed by atoms with E-state index in [2.05, 4.69) is 27.7 Å². The predicted molar refractivity (Wildman–Crippen MR) is 98.4 cm³/mol. The molecule has 0 aromatic carbocycles. The molecule has 1 aliphatic heterocycles. The molecule has 4 rings (SSSR count). The molecule has 0 saturated heterocycles. The minimum absolute atomic E-state index is 0.247. The summed E-state index contributed by atoms with van der Waals surface area (Å²) in [7, 11) is 0. The average Bonchev–Trinajstić information content (AvgIpc) is 3.35. The number of carbonyl (C=O) groups excluding carboxylic acids is 1. The van der Waals surface area contributed by atoms with Crippen LogP contribution >= 0.6 is 11.3 Å². The van der Waals surface area contributed by atoms with Crippen LogP contribution in [0.1, 0.15) is 21.2 Å². The molecule has 122 valence electrons. The summed E-state index contributed by atoms with van der Waals surface area (Å²) in [6, 6.07) is 3.78. The van der Waals surface area contributed by atoms with Gasteiger partial charge in [0, 0.05) is 11.9 Å². The van der Waals surface area contributed by atoms with Crippen LogP contribution < -0.4 is 5.32 Å². The Morgan fingerprint density at radius 1 is 1.40 bits per heavy atom. The van der Waals surface area contributed by atoms with Gasteiger partial charge >= 0.3 is 135 Å². The number of rotatable bonds is 4. The minimum Gasteiger partial charge on any atom is -0.261 e. The van der Waals surface area contributed by atoms with E-state index < -0.39 is 21.4 Å². The Morgan fingerprint density at radius 2 is 2.32 bits per heavy atom. The molecule has 0 atom stereocenters. The van der Waals surface area contributed by atoms with Crippen molar-refractivity contribution in [2.75, 3.05) is 5.32 Å². The number of pyridine rings is 1. The molecule has 1 N–H and O–H groups in total. The molecule has 3 aromatic rings. The fourth-order valence-electron chi connectivity index (χ4n) is 2.28. The van der Waals surface area contributed by atoms with Crippen molar-refractivity contribution in [3.8, 4) is 5.69 Å². The molecule has 0 saturated carbocycles. The summed E-state index contributed by atoms with van der Waals surface area (Å²) in [5.41, 5.74) is 3.85. The number of allylic oxidation sites excluding steroid dienone is 1. The first-order valence-corrected chi connectivity index (χ1v) is 11.2. The van der Waals surface area contributed by atoms with Crippen molar-refractivity contribution >= 4 is 56.1 Å². The molecule has 4 heterocycles. The van der Waals surface area contributed by atoms with Crippen molar-refractivity contribution in [1.29, 1.82) is 0 Å². The van der Waals surface area contributed by atoms with Crippen LogP contribution in [-0.2, 0) is 0 Å². The summed E-state index contributed by atoms with van der Waals surface area (Å²) in [5.74, 6) is -0.247. The van der Waals surface area contributed by atoms with Gasteiger partial charge in [-0.05, 0) is 6.92 Å². The Balaban J connectivity index is 1.49. The number of hydrogen-bond acceptors (Lipinski definition) is 6. The Bertz CT molecular complexity index is 1010. The van der Waals surface area contributed by atoms with Gasteiger partial charge in [0.2, 0.25) is 0 Å². The van der Waals surface area contributed by atoms with E-state index >= 15 is 0 Å². The molecule has 1 amide bonds. The Hall–Kier alpha value is -2.33. The quantitative estimate of drug-likeness (QED) is 0.613. The van der Waals surface area contributed by atoms with Crippen LogP contribution in [0.4, 0.5) is 5.69 Å². The van der Waals surface area contributed by atoms with E-state index in [0.29, 0.717) is 11.4 Å². The minimum atomic E-state index is -0.729. The van der Waals surface area contributed by atoms with Gasteiger partial charge < -0.3 is 0 Å². The van der Waals surface area contributed by atoms with Crippen molar-refractivity contribution in [2.24, 2.45) is 3.21 Å². The maximum absolute atomic E-state index is 12.4. The van der Waals surface area contributed by atoms with Gasteiger partial charge in [0.05, 0.1) is 0 Å². The standard InChI is InChI=1S/C16H12N6OS.Sn/c1-10(6-17)16-21-14(9-24-16)15(23)20-12-7-19-22(8-12)13-3-4-18-11(2)5-13;/h1,3-9H,2H3,(H,20,23);/q-1;+1. The smallest absolute Gasteiger partial charge is 0.261 e. The summed E-state index contributed by atoms with van der Waals surface area (Å²) in [5, 5.41) is 9.71. The first-order valence-electron chi connectivity index (χ1n) is 7.43. The third-order valence-electron chi connectivity index (χ3n) is 3.47. The van der Waals surface area contributed by atoms with Crippen LogP contribution in [0.15, 0.2) is 43.4 Å². The zero-order valence-electron chi connectivity index (χ0n) is 13.2. The summed E-state index contributed by atoms with van der Waals surface area (Å²) < 4.78 is 8.16. The summed E-state index contributed by atoms with van der Waals surface area (Å²) in [6.45, 7) is 1.92. The zero-order chi connectivity index (χ0) is 17.2. The van der Waals surface area contributed by atoms with E-state index in [9.17, 15) is 4.79 Å². The van der Waals surface area contributed by atoms with Crippen molar-refractivity contribution in [2.45, 2.75) is 6.92 Å². The van der Waals surface area contributed by atoms with Gasteiger partial charge in [0.25, 0.3) is 0 Å². The number of aryl methyl sites for hydroxylation is 1. The molecular weight excluding hydrogens is 443 g/mol. The van der Waals surface area contributed by atoms with E-state index in [-0.39, 0.29) is 5.91 Å². The molecule has 1 aliphatic rings.